The molecule has 2 fully saturated rings. The first-order valence-electron chi connectivity index (χ1n) is 7.90. The standard InChI is InChI=1S/C17H22F2N2O2/c1-17(2,3)23-16(22)21-8-12-13(9-21)15(12)20-7-10-6-11(18)4-5-14(10)19/h4-6,12-13,15,20H,7-9H2,1-3H3. The first kappa shape index (κ1) is 16.2. The van der Waals surface area contributed by atoms with Gasteiger partial charge in [-0.1, -0.05) is 0 Å². The zero-order valence-corrected chi connectivity index (χ0v) is 13.6. The summed E-state index contributed by atoms with van der Waals surface area (Å²) in [6.07, 6.45) is -0.278. The molecule has 1 saturated heterocycles. The van der Waals surface area contributed by atoms with Crippen LogP contribution in [0.4, 0.5) is 13.6 Å². The molecule has 3 rings (SSSR count). The third kappa shape index (κ3) is 3.63. The van der Waals surface area contributed by atoms with Crippen molar-refractivity contribution >= 4 is 6.09 Å². The Morgan fingerprint density at radius 1 is 1.30 bits per heavy atom. The van der Waals surface area contributed by atoms with Crippen LogP contribution in [0.1, 0.15) is 26.3 Å². The molecule has 6 heteroatoms. The van der Waals surface area contributed by atoms with Crippen molar-refractivity contribution < 1.29 is 18.3 Å². The number of halogens is 2. The molecule has 1 aliphatic carbocycles. The molecule has 1 saturated carbocycles. The molecule has 0 bridgehead atoms. The molecule has 2 aliphatic rings. The van der Waals surface area contributed by atoms with E-state index in [2.05, 4.69) is 5.32 Å². The van der Waals surface area contributed by atoms with Gasteiger partial charge in [0.1, 0.15) is 17.2 Å². The van der Waals surface area contributed by atoms with E-state index in [1.807, 2.05) is 20.8 Å². The molecule has 126 valence electrons. The lowest BCUT2D eigenvalue weighted by atomic mass is 10.2. The molecule has 0 spiro atoms. The van der Waals surface area contributed by atoms with Crippen molar-refractivity contribution in [1.29, 1.82) is 0 Å². The highest BCUT2D eigenvalue weighted by Gasteiger charge is 2.56. The summed E-state index contributed by atoms with van der Waals surface area (Å²) in [5.41, 5.74) is -0.157. The Morgan fingerprint density at radius 2 is 1.96 bits per heavy atom. The van der Waals surface area contributed by atoms with E-state index in [0.717, 1.165) is 12.1 Å². The lowest BCUT2D eigenvalue weighted by Gasteiger charge is -2.26. The maximum atomic E-state index is 13.6. The maximum Gasteiger partial charge on any atom is 0.410 e. The number of benzene rings is 1. The second-order valence-corrected chi connectivity index (χ2v) is 7.36. The molecule has 1 amide bonds. The Balaban J connectivity index is 1.47. The molecule has 1 aromatic rings. The van der Waals surface area contributed by atoms with Gasteiger partial charge in [0.15, 0.2) is 0 Å². The fourth-order valence-electron chi connectivity index (χ4n) is 3.21. The molecular weight excluding hydrogens is 302 g/mol. The predicted octanol–water partition coefficient (Wildman–Crippen LogP) is 2.92. The van der Waals surface area contributed by atoms with E-state index in [9.17, 15) is 13.6 Å². The number of nitrogens with zero attached hydrogens (tertiary/aromatic N) is 1. The average Bonchev–Trinajstić information content (AvgIpc) is 2.89. The van der Waals surface area contributed by atoms with Gasteiger partial charge in [-0.25, -0.2) is 13.6 Å². The van der Waals surface area contributed by atoms with Gasteiger partial charge in [-0.15, -0.1) is 0 Å². The minimum Gasteiger partial charge on any atom is -0.444 e. The maximum absolute atomic E-state index is 13.6. The molecule has 2 atom stereocenters. The summed E-state index contributed by atoms with van der Waals surface area (Å²) in [7, 11) is 0. The van der Waals surface area contributed by atoms with Crippen molar-refractivity contribution in [3.63, 3.8) is 0 Å². The molecule has 1 N–H and O–H groups in total. The number of ether oxygens (including phenoxy) is 1. The van der Waals surface area contributed by atoms with Crippen LogP contribution in [-0.4, -0.2) is 35.7 Å². The van der Waals surface area contributed by atoms with Crippen LogP contribution < -0.4 is 5.32 Å². The number of piperidine rings is 1. The highest BCUT2D eigenvalue weighted by atomic mass is 19.1. The van der Waals surface area contributed by atoms with Gasteiger partial charge in [0.2, 0.25) is 0 Å². The van der Waals surface area contributed by atoms with Gasteiger partial charge in [0.05, 0.1) is 0 Å². The summed E-state index contributed by atoms with van der Waals surface area (Å²) in [4.78, 5) is 13.7. The smallest absolute Gasteiger partial charge is 0.410 e. The first-order chi connectivity index (χ1) is 10.7. The number of fused-ring (bicyclic) bond motifs is 1. The zero-order valence-electron chi connectivity index (χ0n) is 13.6. The molecule has 1 heterocycles. The molecular formula is C17H22F2N2O2. The van der Waals surface area contributed by atoms with Crippen LogP contribution in [0.15, 0.2) is 18.2 Å². The van der Waals surface area contributed by atoms with Crippen molar-refractivity contribution in [2.75, 3.05) is 13.1 Å². The van der Waals surface area contributed by atoms with Gasteiger partial charge in [-0.3, -0.25) is 0 Å². The zero-order chi connectivity index (χ0) is 16.8. The summed E-state index contributed by atoms with van der Waals surface area (Å²) in [5, 5.41) is 3.27. The lowest BCUT2D eigenvalue weighted by Crippen LogP contribution is -2.39. The van der Waals surface area contributed by atoms with Gasteiger partial charge in [0, 0.05) is 31.2 Å². The summed E-state index contributed by atoms with van der Waals surface area (Å²) < 4.78 is 32.1. The van der Waals surface area contributed by atoms with E-state index in [1.54, 1.807) is 4.90 Å². The van der Waals surface area contributed by atoms with Crippen LogP contribution in [-0.2, 0) is 11.3 Å². The number of likely N-dealkylation sites (tertiary alicyclic amines) is 1. The van der Waals surface area contributed by atoms with Crippen molar-refractivity contribution in [3.05, 3.63) is 35.4 Å². The van der Waals surface area contributed by atoms with Crippen LogP contribution >= 0.6 is 0 Å². The number of rotatable bonds is 3. The third-order valence-electron chi connectivity index (χ3n) is 4.38. The molecule has 4 nitrogen and oxygen atoms in total. The van der Waals surface area contributed by atoms with E-state index >= 15 is 0 Å². The summed E-state index contributed by atoms with van der Waals surface area (Å²) in [5.74, 6) is -0.0892. The third-order valence-corrected chi connectivity index (χ3v) is 4.38. The van der Waals surface area contributed by atoms with Gasteiger partial charge >= 0.3 is 6.09 Å². The SMILES string of the molecule is CC(C)(C)OC(=O)N1CC2C(C1)C2NCc1cc(F)ccc1F. The second-order valence-electron chi connectivity index (χ2n) is 7.36. The van der Waals surface area contributed by atoms with Gasteiger partial charge in [0.25, 0.3) is 0 Å². The van der Waals surface area contributed by atoms with Crippen LogP contribution in [0.5, 0.6) is 0 Å². The topological polar surface area (TPSA) is 41.6 Å². The van der Waals surface area contributed by atoms with Crippen LogP contribution in [0.25, 0.3) is 0 Å². The second kappa shape index (κ2) is 5.74. The van der Waals surface area contributed by atoms with Crippen LogP contribution in [0.2, 0.25) is 0 Å². The number of carbonyl (C=O) groups is 1. The summed E-state index contributed by atoms with van der Waals surface area (Å²) in [6, 6.07) is 3.73. The molecule has 0 aromatic heterocycles. The van der Waals surface area contributed by atoms with E-state index in [4.69, 9.17) is 4.74 Å². The molecule has 1 aliphatic heterocycles. The van der Waals surface area contributed by atoms with E-state index in [1.165, 1.54) is 6.07 Å². The first-order valence-corrected chi connectivity index (χ1v) is 7.90. The summed E-state index contributed by atoms with van der Waals surface area (Å²) >= 11 is 0. The molecule has 2 unspecified atom stereocenters. The number of nitrogens with one attached hydrogen (secondary N) is 1. The van der Waals surface area contributed by atoms with Crippen molar-refractivity contribution in [1.82, 2.24) is 10.2 Å². The van der Waals surface area contributed by atoms with Gasteiger partial charge in [-0.05, 0) is 50.8 Å². The van der Waals surface area contributed by atoms with Crippen LogP contribution in [0, 0.1) is 23.5 Å². The van der Waals surface area contributed by atoms with E-state index in [0.29, 0.717) is 37.0 Å². The Hall–Kier alpha value is -1.69. The Labute approximate surface area is 134 Å². The Morgan fingerprint density at radius 3 is 2.57 bits per heavy atom. The average molecular weight is 324 g/mol. The van der Waals surface area contributed by atoms with Crippen molar-refractivity contribution in [2.45, 2.75) is 39.0 Å². The largest absolute Gasteiger partial charge is 0.444 e. The molecule has 0 radical (unpaired) electrons. The van der Waals surface area contributed by atoms with E-state index in [-0.39, 0.29) is 12.1 Å². The molecule has 23 heavy (non-hydrogen) atoms. The van der Waals surface area contributed by atoms with Crippen molar-refractivity contribution in [3.8, 4) is 0 Å². The predicted molar refractivity (Wildman–Crippen MR) is 81.8 cm³/mol. The quantitative estimate of drug-likeness (QED) is 0.929. The number of hydrogen-bond donors (Lipinski definition) is 1. The minimum absolute atomic E-state index is 0.261. The Kier molecular flexibility index (Phi) is 4.04. The van der Waals surface area contributed by atoms with Crippen molar-refractivity contribution in [2.24, 2.45) is 11.8 Å². The van der Waals surface area contributed by atoms with Gasteiger partial charge in [-0.2, -0.15) is 0 Å². The fraction of sp³-hybridized carbons (Fsp3) is 0.588. The lowest BCUT2D eigenvalue weighted by molar-refractivity contribution is 0.0269. The normalized spacial score (nSPS) is 26.1. The highest BCUT2D eigenvalue weighted by Crippen LogP contribution is 2.45. The number of hydrogen-bond acceptors (Lipinski definition) is 3. The van der Waals surface area contributed by atoms with Crippen LogP contribution in [0.3, 0.4) is 0 Å². The fourth-order valence-corrected chi connectivity index (χ4v) is 3.21. The number of amides is 1. The molecule has 1 aromatic carbocycles. The van der Waals surface area contributed by atoms with E-state index < -0.39 is 17.2 Å². The van der Waals surface area contributed by atoms with Gasteiger partial charge < -0.3 is 15.0 Å². The number of carbonyl (C=O) groups excluding carboxylic acids is 1. The Bertz CT molecular complexity index is 603. The summed E-state index contributed by atoms with van der Waals surface area (Å²) in [6.45, 7) is 7.15. The monoisotopic (exact) mass is 324 g/mol. The minimum atomic E-state index is -0.490. The highest BCUT2D eigenvalue weighted by molar-refractivity contribution is 5.69.